The van der Waals surface area contributed by atoms with Gasteiger partial charge in [-0.25, -0.2) is 0 Å². The maximum absolute atomic E-state index is 12.7. The summed E-state index contributed by atoms with van der Waals surface area (Å²) in [5, 5.41) is 2.84. The van der Waals surface area contributed by atoms with Crippen molar-refractivity contribution in [2.45, 2.75) is 70.6 Å². The molecule has 3 saturated heterocycles. The Balaban J connectivity index is 1.82. The third-order valence-corrected chi connectivity index (χ3v) is 5.37. The molecule has 0 saturated carbocycles. The zero-order chi connectivity index (χ0) is 15.1. The molecule has 4 unspecified atom stereocenters. The minimum absolute atomic E-state index is 0.0194. The molecule has 3 aliphatic heterocycles. The molecule has 3 fully saturated rings. The molecule has 5 heteroatoms. The zero-order valence-corrected chi connectivity index (χ0v) is 13.3. The zero-order valence-electron chi connectivity index (χ0n) is 13.3. The molecule has 118 valence electrons. The Labute approximate surface area is 127 Å². The van der Waals surface area contributed by atoms with Gasteiger partial charge in [0.25, 0.3) is 0 Å². The number of carbonyl (C=O) groups is 2. The molecule has 0 aromatic carbocycles. The molecule has 0 bridgehead atoms. The Hall–Kier alpha value is -1.10. The van der Waals surface area contributed by atoms with Gasteiger partial charge in [-0.15, -0.1) is 0 Å². The first-order valence-corrected chi connectivity index (χ1v) is 8.35. The van der Waals surface area contributed by atoms with Gasteiger partial charge in [-0.3, -0.25) is 9.59 Å². The Bertz CT molecular complexity index is 437. The largest absolute Gasteiger partial charge is 0.343 e. The van der Waals surface area contributed by atoms with Crippen LogP contribution in [0.25, 0.3) is 0 Å². The summed E-state index contributed by atoms with van der Waals surface area (Å²) in [5.41, 5.74) is 0. The molecule has 0 aliphatic carbocycles. The molecule has 3 heterocycles. The summed E-state index contributed by atoms with van der Waals surface area (Å²) in [6, 6.07) is 0.170. The summed E-state index contributed by atoms with van der Waals surface area (Å²) in [6.07, 6.45) is 4.56. The SMILES string of the molecule is CC1NC(=O)C(C(C)C)N(C2CCN3CCCC3C2)C1=O. The van der Waals surface area contributed by atoms with E-state index in [1.165, 1.54) is 19.4 Å². The fourth-order valence-corrected chi connectivity index (χ4v) is 4.33. The van der Waals surface area contributed by atoms with E-state index in [0.717, 1.165) is 19.4 Å². The van der Waals surface area contributed by atoms with Crippen LogP contribution in [-0.4, -0.2) is 58.9 Å². The van der Waals surface area contributed by atoms with Crippen molar-refractivity contribution < 1.29 is 9.59 Å². The van der Waals surface area contributed by atoms with Gasteiger partial charge in [0.1, 0.15) is 12.1 Å². The van der Waals surface area contributed by atoms with Crippen LogP contribution in [0.15, 0.2) is 0 Å². The monoisotopic (exact) mass is 293 g/mol. The molecule has 0 spiro atoms. The van der Waals surface area contributed by atoms with E-state index in [2.05, 4.69) is 10.2 Å². The Morgan fingerprint density at radius 3 is 2.62 bits per heavy atom. The van der Waals surface area contributed by atoms with Gasteiger partial charge in [-0.1, -0.05) is 13.8 Å². The summed E-state index contributed by atoms with van der Waals surface area (Å²) < 4.78 is 0. The second-order valence-electron chi connectivity index (χ2n) is 7.17. The van der Waals surface area contributed by atoms with Crippen molar-refractivity contribution in [1.82, 2.24) is 15.1 Å². The van der Waals surface area contributed by atoms with Gasteiger partial charge in [0, 0.05) is 18.6 Å². The predicted octanol–water partition coefficient (Wildman–Crippen LogP) is 0.985. The third kappa shape index (κ3) is 2.56. The lowest BCUT2D eigenvalue weighted by atomic mass is 9.89. The molecule has 3 aliphatic rings. The molecular formula is C16H27N3O2. The average Bonchev–Trinajstić information content (AvgIpc) is 2.89. The van der Waals surface area contributed by atoms with E-state index in [1.54, 1.807) is 6.92 Å². The van der Waals surface area contributed by atoms with Gasteiger partial charge >= 0.3 is 0 Å². The number of nitrogens with one attached hydrogen (secondary N) is 1. The van der Waals surface area contributed by atoms with Crippen LogP contribution in [-0.2, 0) is 9.59 Å². The maximum Gasteiger partial charge on any atom is 0.245 e. The van der Waals surface area contributed by atoms with Crippen LogP contribution in [0.2, 0.25) is 0 Å². The van der Waals surface area contributed by atoms with Gasteiger partial charge in [0.15, 0.2) is 0 Å². The van der Waals surface area contributed by atoms with Crippen LogP contribution in [0.5, 0.6) is 0 Å². The molecule has 5 nitrogen and oxygen atoms in total. The molecule has 21 heavy (non-hydrogen) atoms. The quantitative estimate of drug-likeness (QED) is 0.826. The van der Waals surface area contributed by atoms with E-state index in [0.29, 0.717) is 6.04 Å². The van der Waals surface area contributed by atoms with Crippen LogP contribution in [0.4, 0.5) is 0 Å². The number of rotatable bonds is 2. The summed E-state index contributed by atoms with van der Waals surface area (Å²) >= 11 is 0. The van der Waals surface area contributed by atoms with Crippen LogP contribution in [0.3, 0.4) is 0 Å². The summed E-state index contributed by atoms with van der Waals surface area (Å²) in [4.78, 5) is 29.5. The van der Waals surface area contributed by atoms with Crippen LogP contribution in [0, 0.1) is 5.92 Å². The summed E-state index contributed by atoms with van der Waals surface area (Å²) in [5.74, 6) is 0.277. The van der Waals surface area contributed by atoms with Crippen molar-refractivity contribution in [1.29, 1.82) is 0 Å². The van der Waals surface area contributed by atoms with Gasteiger partial charge in [0.2, 0.25) is 11.8 Å². The number of piperazine rings is 1. The lowest BCUT2D eigenvalue weighted by molar-refractivity contribution is -0.155. The highest BCUT2D eigenvalue weighted by Crippen LogP contribution is 2.32. The maximum atomic E-state index is 12.7. The Kier molecular flexibility index (Phi) is 3.95. The fraction of sp³-hybridized carbons (Fsp3) is 0.875. The molecule has 4 atom stereocenters. The smallest absolute Gasteiger partial charge is 0.245 e. The standard InChI is InChI=1S/C16H27N3O2/c1-10(2)14-15(20)17-11(3)16(21)19(14)13-6-8-18-7-4-5-12(18)9-13/h10-14H,4-9H2,1-3H3,(H,17,20). The van der Waals surface area contributed by atoms with Crippen molar-refractivity contribution in [2.75, 3.05) is 13.1 Å². The second kappa shape index (κ2) is 5.59. The van der Waals surface area contributed by atoms with Crippen molar-refractivity contribution >= 4 is 11.8 Å². The molecular weight excluding hydrogens is 266 g/mol. The van der Waals surface area contributed by atoms with Gasteiger partial charge < -0.3 is 15.1 Å². The number of nitrogens with zero attached hydrogens (tertiary/aromatic N) is 2. The van der Waals surface area contributed by atoms with Crippen molar-refractivity contribution in [3.8, 4) is 0 Å². The topological polar surface area (TPSA) is 52.7 Å². The van der Waals surface area contributed by atoms with Crippen LogP contribution in [0.1, 0.15) is 46.5 Å². The number of fused-ring (bicyclic) bond motifs is 1. The number of carbonyl (C=O) groups excluding carboxylic acids is 2. The number of hydrogen-bond donors (Lipinski definition) is 1. The molecule has 0 aromatic heterocycles. The lowest BCUT2D eigenvalue weighted by Gasteiger charge is -2.47. The molecule has 3 rings (SSSR count). The lowest BCUT2D eigenvalue weighted by Crippen LogP contribution is -2.67. The predicted molar refractivity (Wildman–Crippen MR) is 80.7 cm³/mol. The number of amides is 2. The van der Waals surface area contributed by atoms with E-state index in [4.69, 9.17) is 0 Å². The Morgan fingerprint density at radius 2 is 1.90 bits per heavy atom. The second-order valence-corrected chi connectivity index (χ2v) is 7.17. The number of piperidine rings is 1. The number of hydrogen-bond acceptors (Lipinski definition) is 3. The van der Waals surface area contributed by atoms with Crippen LogP contribution >= 0.6 is 0 Å². The highest BCUT2D eigenvalue weighted by molar-refractivity contribution is 5.97. The highest BCUT2D eigenvalue weighted by Gasteiger charge is 2.45. The minimum Gasteiger partial charge on any atom is -0.343 e. The van der Waals surface area contributed by atoms with Crippen LogP contribution < -0.4 is 5.32 Å². The molecule has 2 amide bonds. The summed E-state index contributed by atoms with van der Waals surface area (Å²) in [7, 11) is 0. The van der Waals surface area contributed by atoms with Crippen molar-refractivity contribution in [3.05, 3.63) is 0 Å². The van der Waals surface area contributed by atoms with Crippen molar-refractivity contribution in [3.63, 3.8) is 0 Å². The first-order chi connectivity index (χ1) is 9.99. The molecule has 0 radical (unpaired) electrons. The Morgan fingerprint density at radius 1 is 1.14 bits per heavy atom. The van der Waals surface area contributed by atoms with Crippen molar-refractivity contribution in [2.24, 2.45) is 5.92 Å². The van der Waals surface area contributed by atoms with Gasteiger partial charge in [-0.05, 0) is 45.1 Å². The van der Waals surface area contributed by atoms with Gasteiger partial charge in [-0.2, -0.15) is 0 Å². The first-order valence-electron chi connectivity index (χ1n) is 8.35. The van der Waals surface area contributed by atoms with E-state index >= 15 is 0 Å². The first kappa shape index (κ1) is 14.8. The van der Waals surface area contributed by atoms with E-state index < -0.39 is 0 Å². The highest BCUT2D eigenvalue weighted by atomic mass is 16.2. The summed E-state index contributed by atoms with van der Waals surface area (Å²) in [6.45, 7) is 8.14. The van der Waals surface area contributed by atoms with E-state index in [1.807, 2.05) is 18.7 Å². The van der Waals surface area contributed by atoms with E-state index in [9.17, 15) is 9.59 Å². The molecule has 1 N–H and O–H groups in total. The van der Waals surface area contributed by atoms with Gasteiger partial charge in [0.05, 0.1) is 0 Å². The fourth-order valence-electron chi connectivity index (χ4n) is 4.33. The van der Waals surface area contributed by atoms with E-state index in [-0.39, 0.29) is 35.9 Å². The molecule has 0 aromatic rings. The average molecular weight is 293 g/mol. The normalized spacial score (nSPS) is 37.8. The third-order valence-electron chi connectivity index (χ3n) is 5.37. The minimum atomic E-state index is -0.380.